The Hall–Kier alpha value is -0.530. The lowest BCUT2D eigenvalue weighted by Gasteiger charge is -1.99. The maximum Gasteiger partial charge on any atom is 0.106 e. The van der Waals surface area contributed by atoms with Gasteiger partial charge in [-0.3, -0.25) is 0 Å². The van der Waals surface area contributed by atoms with Gasteiger partial charge in [0.2, 0.25) is 0 Å². The van der Waals surface area contributed by atoms with Crippen LogP contribution in [0.5, 0.6) is 0 Å². The quantitative estimate of drug-likeness (QED) is 0.396. The third kappa shape index (κ3) is 2.61. The maximum absolute atomic E-state index is 4.55. The average molecular weight is 115 g/mol. The molecule has 0 saturated carbocycles. The van der Waals surface area contributed by atoms with Crippen LogP contribution >= 0.6 is 0 Å². The van der Waals surface area contributed by atoms with Crippen molar-refractivity contribution in [2.75, 3.05) is 7.11 Å². The van der Waals surface area contributed by atoms with Crippen LogP contribution in [0.25, 0.3) is 0 Å². The second-order valence-electron chi connectivity index (χ2n) is 2.07. The average Bonchev–Trinajstić information content (AvgIpc) is 1.67. The predicted octanol–water partition coefficient (Wildman–Crippen LogP) is 1.66. The summed E-state index contributed by atoms with van der Waals surface area (Å²) in [5.41, 5.74) is 1.03. The van der Waals surface area contributed by atoms with Crippen LogP contribution < -0.4 is 0 Å². The molecule has 2 heteroatoms. The van der Waals surface area contributed by atoms with Crippen molar-refractivity contribution in [2.24, 2.45) is 11.1 Å². The van der Waals surface area contributed by atoms with Crippen molar-refractivity contribution in [3.05, 3.63) is 0 Å². The van der Waals surface area contributed by atoms with Gasteiger partial charge in [0.1, 0.15) is 7.11 Å². The third-order valence-electron chi connectivity index (χ3n) is 1.07. The first-order chi connectivity index (χ1) is 3.68. The first-order valence-corrected chi connectivity index (χ1v) is 2.76. The van der Waals surface area contributed by atoms with Gasteiger partial charge in [0.15, 0.2) is 0 Å². The van der Waals surface area contributed by atoms with Crippen LogP contribution in [-0.2, 0) is 4.84 Å². The van der Waals surface area contributed by atoms with E-state index >= 15 is 0 Å². The molecule has 48 valence electrons. The van der Waals surface area contributed by atoms with Gasteiger partial charge in [-0.2, -0.15) is 0 Å². The molecule has 0 fully saturated rings. The summed E-state index contributed by atoms with van der Waals surface area (Å²) in [6.07, 6.45) is 0. The number of oxime groups is 1. The van der Waals surface area contributed by atoms with Crippen LogP contribution in [0.1, 0.15) is 20.8 Å². The van der Waals surface area contributed by atoms with E-state index in [9.17, 15) is 0 Å². The molecule has 0 aromatic carbocycles. The molecule has 0 spiro atoms. The molecule has 8 heavy (non-hydrogen) atoms. The standard InChI is InChI=1S/C6H13NO/c1-5(2)6(3)7-8-4/h5H,1-4H3/b7-6-. The number of nitrogens with zero attached hydrogens (tertiary/aromatic N) is 1. The lowest BCUT2D eigenvalue weighted by Crippen LogP contribution is -2.01. The summed E-state index contributed by atoms with van der Waals surface area (Å²) in [6, 6.07) is 0. The van der Waals surface area contributed by atoms with Crippen molar-refractivity contribution in [1.82, 2.24) is 0 Å². The molecule has 0 N–H and O–H groups in total. The number of hydrogen-bond donors (Lipinski definition) is 0. The highest BCUT2D eigenvalue weighted by Gasteiger charge is 1.95. The highest BCUT2D eigenvalue weighted by atomic mass is 16.6. The molecule has 2 nitrogen and oxygen atoms in total. The Kier molecular flexibility index (Phi) is 3.24. The van der Waals surface area contributed by atoms with Crippen molar-refractivity contribution >= 4 is 5.71 Å². The Morgan fingerprint density at radius 2 is 2.00 bits per heavy atom. The molecule has 0 bridgehead atoms. The molecular formula is C6H13NO. The summed E-state index contributed by atoms with van der Waals surface area (Å²) in [5.74, 6) is 0.495. The molecule has 0 amide bonds. The Labute approximate surface area is 50.5 Å². The van der Waals surface area contributed by atoms with E-state index in [1.165, 1.54) is 0 Å². The fraction of sp³-hybridized carbons (Fsp3) is 0.833. The van der Waals surface area contributed by atoms with Gasteiger partial charge in [0.05, 0.1) is 5.71 Å². The molecule has 0 aromatic rings. The Morgan fingerprint density at radius 1 is 1.50 bits per heavy atom. The molecule has 0 aliphatic carbocycles. The number of rotatable bonds is 2. The van der Waals surface area contributed by atoms with Crippen molar-refractivity contribution < 1.29 is 4.84 Å². The summed E-state index contributed by atoms with van der Waals surface area (Å²) in [5, 5.41) is 3.74. The van der Waals surface area contributed by atoms with Gasteiger partial charge >= 0.3 is 0 Å². The number of hydrogen-bond acceptors (Lipinski definition) is 2. The monoisotopic (exact) mass is 115 g/mol. The van der Waals surface area contributed by atoms with Crippen LogP contribution in [0.3, 0.4) is 0 Å². The van der Waals surface area contributed by atoms with Gasteiger partial charge in [-0.1, -0.05) is 19.0 Å². The van der Waals surface area contributed by atoms with E-state index in [-0.39, 0.29) is 0 Å². The SMILES string of the molecule is CO/N=C(/C)C(C)C. The van der Waals surface area contributed by atoms with E-state index in [1.807, 2.05) is 6.92 Å². The highest BCUT2D eigenvalue weighted by Crippen LogP contribution is 1.94. The Bertz CT molecular complexity index is 86.5. The molecule has 0 rings (SSSR count). The molecule has 0 atom stereocenters. The van der Waals surface area contributed by atoms with Crippen LogP contribution in [0.4, 0.5) is 0 Å². The zero-order valence-electron chi connectivity index (χ0n) is 5.93. The minimum atomic E-state index is 0.495. The summed E-state index contributed by atoms with van der Waals surface area (Å²) in [6.45, 7) is 6.11. The third-order valence-corrected chi connectivity index (χ3v) is 1.07. The van der Waals surface area contributed by atoms with E-state index in [2.05, 4.69) is 23.8 Å². The largest absolute Gasteiger partial charge is 0.399 e. The Morgan fingerprint density at radius 3 is 2.12 bits per heavy atom. The molecule has 0 aliphatic heterocycles. The smallest absolute Gasteiger partial charge is 0.106 e. The second-order valence-corrected chi connectivity index (χ2v) is 2.07. The van der Waals surface area contributed by atoms with Crippen molar-refractivity contribution in [1.29, 1.82) is 0 Å². The first-order valence-electron chi connectivity index (χ1n) is 2.76. The molecule has 0 heterocycles. The van der Waals surface area contributed by atoms with E-state index in [1.54, 1.807) is 7.11 Å². The summed E-state index contributed by atoms with van der Waals surface area (Å²) >= 11 is 0. The van der Waals surface area contributed by atoms with Crippen molar-refractivity contribution in [2.45, 2.75) is 20.8 Å². The minimum Gasteiger partial charge on any atom is -0.399 e. The summed E-state index contributed by atoms with van der Waals surface area (Å²) in [4.78, 5) is 4.55. The lowest BCUT2D eigenvalue weighted by atomic mass is 10.1. The summed E-state index contributed by atoms with van der Waals surface area (Å²) < 4.78 is 0. The highest BCUT2D eigenvalue weighted by molar-refractivity contribution is 5.83. The first kappa shape index (κ1) is 7.47. The minimum absolute atomic E-state index is 0.495. The predicted molar refractivity (Wildman–Crippen MR) is 35.0 cm³/mol. The van der Waals surface area contributed by atoms with Gasteiger partial charge in [-0.25, -0.2) is 0 Å². The van der Waals surface area contributed by atoms with Crippen LogP contribution in [0, 0.1) is 5.92 Å². The van der Waals surface area contributed by atoms with Crippen molar-refractivity contribution in [3.63, 3.8) is 0 Å². The lowest BCUT2D eigenvalue weighted by molar-refractivity contribution is 0.211. The zero-order chi connectivity index (χ0) is 6.57. The normalized spacial score (nSPS) is 12.4. The van der Waals surface area contributed by atoms with Gasteiger partial charge in [-0.05, 0) is 12.8 Å². The maximum atomic E-state index is 4.55. The molecule has 0 unspecified atom stereocenters. The molecule has 0 radical (unpaired) electrons. The van der Waals surface area contributed by atoms with Crippen LogP contribution in [0.15, 0.2) is 5.16 Å². The molecular weight excluding hydrogens is 102 g/mol. The van der Waals surface area contributed by atoms with Crippen molar-refractivity contribution in [3.8, 4) is 0 Å². The van der Waals surface area contributed by atoms with E-state index in [4.69, 9.17) is 0 Å². The van der Waals surface area contributed by atoms with Crippen LogP contribution in [0.2, 0.25) is 0 Å². The second kappa shape index (κ2) is 3.47. The topological polar surface area (TPSA) is 21.6 Å². The molecule has 0 aromatic heterocycles. The van der Waals surface area contributed by atoms with E-state index < -0.39 is 0 Å². The van der Waals surface area contributed by atoms with E-state index in [0.717, 1.165) is 5.71 Å². The fourth-order valence-electron chi connectivity index (χ4n) is 0.249. The van der Waals surface area contributed by atoms with E-state index in [0.29, 0.717) is 5.92 Å². The van der Waals surface area contributed by atoms with Gasteiger partial charge < -0.3 is 4.84 Å². The van der Waals surface area contributed by atoms with Crippen LogP contribution in [-0.4, -0.2) is 12.8 Å². The summed E-state index contributed by atoms with van der Waals surface area (Å²) in [7, 11) is 1.56. The van der Waals surface area contributed by atoms with Gasteiger partial charge in [0.25, 0.3) is 0 Å². The van der Waals surface area contributed by atoms with Gasteiger partial charge in [0, 0.05) is 0 Å². The molecule has 0 saturated heterocycles. The molecule has 0 aliphatic rings. The van der Waals surface area contributed by atoms with Gasteiger partial charge in [-0.15, -0.1) is 0 Å². The fourth-order valence-corrected chi connectivity index (χ4v) is 0.249. The zero-order valence-corrected chi connectivity index (χ0v) is 5.93. The Balaban J connectivity index is 3.61.